The lowest BCUT2D eigenvalue weighted by Crippen LogP contribution is -2.39. The van der Waals surface area contributed by atoms with Gasteiger partial charge in [-0.1, -0.05) is 13.8 Å². The number of likely N-dealkylation sites (N-methyl/N-ethyl adjacent to an activating group) is 1. The molecule has 2 unspecified atom stereocenters. The van der Waals surface area contributed by atoms with Crippen LogP contribution in [0.5, 0.6) is 0 Å². The van der Waals surface area contributed by atoms with Gasteiger partial charge < -0.3 is 15.4 Å². The van der Waals surface area contributed by atoms with Crippen LogP contribution in [0.15, 0.2) is 0 Å². The Morgan fingerprint density at radius 2 is 1.88 bits per heavy atom. The van der Waals surface area contributed by atoms with E-state index in [1.54, 1.807) is 18.9 Å². The molecule has 0 aromatic carbocycles. The van der Waals surface area contributed by atoms with E-state index in [1.165, 1.54) is 7.11 Å². The highest BCUT2D eigenvalue weighted by Crippen LogP contribution is 2.04. The van der Waals surface area contributed by atoms with Gasteiger partial charge in [-0.15, -0.1) is 12.4 Å². The summed E-state index contributed by atoms with van der Waals surface area (Å²) in [6.45, 7) is 6.61. The molecule has 4 nitrogen and oxygen atoms in total. The average molecular weight is 253 g/mol. The molecule has 0 aliphatic rings. The van der Waals surface area contributed by atoms with E-state index in [0.29, 0.717) is 12.5 Å². The molecule has 0 saturated carbocycles. The Bertz CT molecular complexity index is 200. The molecule has 0 rings (SSSR count). The lowest BCUT2D eigenvalue weighted by molar-refractivity contribution is -0.139. The van der Waals surface area contributed by atoms with Crippen LogP contribution in [0.2, 0.25) is 0 Å². The Balaban J connectivity index is 0. The molecule has 0 spiro atoms. The minimum Gasteiger partial charge on any atom is -0.372 e. The first-order valence-corrected chi connectivity index (χ1v) is 5.43. The number of rotatable bonds is 6. The van der Waals surface area contributed by atoms with Crippen LogP contribution in [0.4, 0.5) is 0 Å². The molecule has 0 bridgehead atoms. The summed E-state index contributed by atoms with van der Waals surface area (Å²) in [5.41, 5.74) is 5.90. The molecule has 16 heavy (non-hydrogen) atoms. The Morgan fingerprint density at radius 3 is 2.25 bits per heavy atom. The van der Waals surface area contributed by atoms with Gasteiger partial charge in [-0.25, -0.2) is 0 Å². The van der Waals surface area contributed by atoms with E-state index >= 15 is 0 Å². The molecule has 0 aliphatic heterocycles. The zero-order valence-electron chi connectivity index (χ0n) is 10.9. The van der Waals surface area contributed by atoms with Crippen LogP contribution < -0.4 is 5.73 Å². The number of carbonyl (C=O) groups is 1. The van der Waals surface area contributed by atoms with Crippen LogP contribution in [0.25, 0.3) is 0 Å². The molecule has 98 valence electrons. The molecule has 0 radical (unpaired) electrons. The van der Waals surface area contributed by atoms with Gasteiger partial charge >= 0.3 is 0 Å². The average Bonchev–Trinajstić information content (AvgIpc) is 2.22. The predicted molar refractivity (Wildman–Crippen MR) is 68.8 cm³/mol. The van der Waals surface area contributed by atoms with Crippen molar-refractivity contribution in [2.24, 2.45) is 11.7 Å². The van der Waals surface area contributed by atoms with E-state index in [1.807, 2.05) is 0 Å². The standard InChI is InChI=1S/C11H24N2O2.ClH/c1-8(2)10(12)6-7-13(4)11(14)9(3)15-5;/h8-10H,6-7,12H2,1-5H3;1H. The number of nitrogens with two attached hydrogens (primary N) is 1. The third-order valence-electron chi connectivity index (χ3n) is 2.73. The van der Waals surface area contributed by atoms with Crippen molar-refractivity contribution >= 4 is 18.3 Å². The molecule has 0 aromatic heterocycles. The number of carbonyl (C=O) groups excluding carboxylic acids is 1. The van der Waals surface area contributed by atoms with Gasteiger partial charge in [0, 0.05) is 26.7 Å². The number of amides is 1. The van der Waals surface area contributed by atoms with E-state index in [4.69, 9.17) is 10.5 Å². The van der Waals surface area contributed by atoms with E-state index in [0.717, 1.165) is 6.42 Å². The molecule has 0 fully saturated rings. The third kappa shape index (κ3) is 6.30. The molecule has 0 heterocycles. The maximum Gasteiger partial charge on any atom is 0.251 e. The fraction of sp³-hybridized carbons (Fsp3) is 0.909. The second-order valence-corrected chi connectivity index (χ2v) is 4.33. The molecule has 0 aromatic rings. The number of halogens is 1. The summed E-state index contributed by atoms with van der Waals surface area (Å²) in [5, 5.41) is 0. The van der Waals surface area contributed by atoms with Crippen molar-refractivity contribution in [3.05, 3.63) is 0 Å². The predicted octanol–water partition coefficient (Wildman–Crippen LogP) is 1.27. The molecule has 1 amide bonds. The molecular weight excluding hydrogens is 228 g/mol. The minimum absolute atomic E-state index is 0. The largest absolute Gasteiger partial charge is 0.372 e. The summed E-state index contributed by atoms with van der Waals surface area (Å²) in [4.78, 5) is 13.3. The highest BCUT2D eigenvalue weighted by Gasteiger charge is 2.17. The zero-order chi connectivity index (χ0) is 12.0. The summed E-state index contributed by atoms with van der Waals surface area (Å²) >= 11 is 0. The Hall–Kier alpha value is -0.320. The van der Waals surface area contributed by atoms with Crippen molar-refractivity contribution in [2.45, 2.75) is 39.3 Å². The second kappa shape index (κ2) is 8.79. The summed E-state index contributed by atoms with van der Waals surface area (Å²) in [5.74, 6) is 0.460. The topological polar surface area (TPSA) is 55.6 Å². The first-order valence-electron chi connectivity index (χ1n) is 5.43. The molecule has 5 heteroatoms. The maximum atomic E-state index is 11.6. The molecule has 2 atom stereocenters. The van der Waals surface area contributed by atoms with E-state index in [9.17, 15) is 4.79 Å². The first-order chi connectivity index (χ1) is 6.90. The van der Waals surface area contributed by atoms with Gasteiger partial charge in [0.25, 0.3) is 5.91 Å². The van der Waals surface area contributed by atoms with Crippen LogP contribution in [-0.4, -0.2) is 43.7 Å². The number of nitrogens with zero attached hydrogens (tertiary/aromatic N) is 1. The van der Waals surface area contributed by atoms with Crippen LogP contribution in [0, 0.1) is 5.92 Å². The Morgan fingerprint density at radius 1 is 1.38 bits per heavy atom. The van der Waals surface area contributed by atoms with Gasteiger partial charge in [-0.05, 0) is 19.3 Å². The van der Waals surface area contributed by atoms with Crippen molar-refractivity contribution in [3.8, 4) is 0 Å². The molecule has 0 aliphatic carbocycles. The molecular formula is C11H25ClN2O2. The summed E-state index contributed by atoms with van der Waals surface area (Å²) in [6, 6.07) is 0.151. The van der Waals surface area contributed by atoms with Crippen molar-refractivity contribution in [1.82, 2.24) is 4.90 Å². The zero-order valence-corrected chi connectivity index (χ0v) is 11.7. The summed E-state index contributed by atoms with van der Waals surface area (Å²) < 4.78 is 4.96. The van der Waals surface area contributed by atoms with Crippen molar-refractivity contribution in [3.63, 3.8) is 0 Å². The summed E-state index contributed by atoms with van der Waals surface area (Å²) in [7, 11) is 3.32. The normalized spacial score (nSPS) is 14.2. The van der Waals surface area contributed by atoms with Crippen LogP contribution in [0.3, 0.4) is 0 Å². The molecule has 2 N–H and O–H groups in total. The SMILES string of the molecule is COC(C)C(=O)N(C)CCC(N)C(C)C.Cl. The molecule has 0 saturated heterocycles. The third-order valence-corrected chi connectivity index (χ3v) is 2.73. The smallest absolute Gasteiger partial charge is 0.251 e. The van der Waals surface area contributed by atoms with Gasteiger partial charge in [0.05, 0.1) is 0 Å². The van der Waals surface area contributed by atoms with Crippen molar-refractivity contribution in [1.29, 1.82) is 0 Å². The lowest BCUT2D eigenvalue weighted by Gasteiger charge is -2.23. The minimum atomic E-state index is -0.370. The second-order valence-electron chi connectivity index (χ2n) is 4.33. The quantitative estimate of drug-likeness (QED) is 0.775. The van der Waals surface area contributed by atoms with Crippen molar-refractivity contribution < 1.29 is 9.53 Å². The Labute approximate surface area is 105 Å². The van der Waals surface area contributed by atoms with E-state index in [-0.39, 0.29) is 30.5 Å². The van der Waals surface area contributed by atoms with Crippen LogP contribution >= 0.6 is 12.4 Å². The monoisotopic (exact) mass is 252 g/mol. The number of hydrogen-bond donors (Lipinski definition) is 1. The van der Waals surface area contributed by atoms with Crippen LogP contribution in [0.1, 0.15) is 27.2 Å². The maximum absolute atomic E-state index is 11.6. The fourth-order valence-electron chi connectivity index (χ4n) is 1.20. The van der Waals surface area contributed by atoms with Crippen molar-refractivity contribution in [2.75, 3.05) is 20.7 Å². The van der Waals surface area contributed by atoms with E-state index < -0.39 is 0 Å². The highest BCUT2D eigenvalue weighted by atomic mass is 35.5. The number of methoxy groups -OCH3 is 1. The lowest BCUT2D eigenvalue weighted by atomic mass is 10.0. The summed E-state index contributed by atoms with van der Waals surface area (Å²) in [6.07, 6.45) is 0.460. The number of hydrogen-bond acceptors (Lipinski definition) is 3. The van der Waals surface area contributed by atoms with Gasteiger partial charge in [-0.3, -0.25) is 4.79 Å². The van der Waals surface area contributed by atoms with Gasteiger partial charge in [0.1, 0.15) is 6.10 Å². The van der Waals surface area contributed by atoms with Crippen LogP contribution in [-0.2, 0) is 9.53 Å². The number of ether oxygens (including phenoxy) is 1. The fourth-order valence-corrected chi connectivity index (χ4v) is 1.20. The highest BCUT2D eigenvalue weighted by molar-refractivity contribution is 5.85. The van der Waals surface area contributed by atoms with Gasteiger partial charge in [-0.2, -0.15) is 0 Å². The Kier molecular flexibility index (Phi) is 9.92. The van der Waals surface area contributed by atoms with Gasteiger partial charge in [0.2, 0.25) is 0 Å². The first kappa shape index (κ1) is 18.1. The van der Waals surface area contributed by atoms with Gasteiger partial charge in [0.15, 0.2) is 0 Å². The van der Waals surface area contributed by atoms with E-state index in [2.05, 4.69) is 13.8 Å².